The van der Waals surface area contributed by atoms with E-state index in [1.54, 1.807) is 18.2 Å². The number of para-hydroxylation sites is 1. The summed E-state index contributed by atoms with van der Waals surface area (Å²) in [4.78, 5) is 14.2. The van der Waals surface area contributed by atoms with E-state index < -0.39 is 0 Å². The Bertz CT molecular complexity index is 926. The van der Waals surface area contributed by atoms with Crippen LogP contribution in [0.1, 0.15) is 15.2 Å². The van der Waals surface area contributed by atoms with Gasteiger partial charge in [0.2, 0.25) is 0 Å². The topological polar surface area (TPSA) is 52.9 Å². The number of thiophene rings is 2. The number of rotatable bonds is 4. The average molecular weight is 391 g/mol. The third kappa shape index (κ3) is 3.21. The fourth-order valence-electron chi connectivity index (χ4n) is 2.21. The molecule has 0 saturated carbocycles. The van der Waals surface area contributed by atoms with Gasteiger partial charge in [-0.3, -0.25) is 4.79 Å². The molecule has 0 aliphatic rings. The standard InChI is InChI=1S/C17H11ClN2OS3/c1-22-17-10(9-19)14(13-7-4-8-23-13)15(24-17)16(21)20-12-6-3-2-5-11(12)18/h2-8H,1H3,(H,20,21). The maximum absolute atomic E-state index is 12.8. The van der Waals surface area contributed by atoms with Gasteiger partial charge < -0.3 is 5.32 Å². The number of hydrogen-bond acceptors (Lipinski definition) is 5. The number of thioether (sulfide) groups is 1. The molecule has 3 nitrogen and oxygen atoms in total. The van der Waals surface area contributed by atoms with E-state index in [0.717, 1.165) is 9.09 Å². The Morgan fingerprint density at radius 3 is 2.71 bits per heavy atom. The van der Waals surface area contributed by atoms with Crippen molar-refractivity contribution in [2.45, 2.75) is 4.21 Å². The first-order valence-corrected chi connectivity index (χ1v) is 10.2. The summed E-state index contributed by atoms with van der Waals surface area (Å²) in [5.74, 6) is -0.256. The lowest BCUT2D eigenvalue weighted by Crippen LogP contribution is -2.11. The predicted octanol–water partition coefficient (Wildman–Crippen LogP) is 5.98. The molecule has 0 saturated heterocycles. The van der Waals surface area contributed by atoms with Gasteiger partial charge in [0.15, 0.2) is 0 Å². The van der Waals surface area contributed by atoms with Crippen LogP contribution in [-0.2, 0) is 0 Å². The molecular formula is C17H11ClN2OS3. The van der Waals surface area contributed by atoms with E-state index in [0.29, 0.717) is 26.7 Å². The molecule has 7 heteroatoms. The van der Waals surface area contributed by atoms with Crippen LogP contribution in [0, 0.1) is 11.3 Å². The molecule has 1 amide bonds. The summed E-state index contributed by atoms with van der Waals surface area (Å²) in [6, 6.07) is 13.2. The number of nitriles is 1. The lowest BCUT2D eigenvalue weighted by atomic mass is 10.1. The van der Waals surface area contributed by atoms with Gasteiger partial charge in [0.25, 0.3) is 5.91 Å². The van der Waals surface area contributed by atoms with E-state index in [1.807, 2.05) is 29.8 Å². The Balaban J connectivity index is 2.07. The molecule has 24 heavy (non-hydrogen) atoms. The van der Waals surface area contributed by atoms with Crippen LogP contribution in [0.25, 0.3) is 10.4 Å². The van der Waals surface area contributed by atoms with Crippen molar-refractivity contribution in [1.29, 1.82) is 5.26 Å². The van der Waals surface area contributed by atoms with Crippen molar-refractivity contribution in [1.82, 2.24) is 0 Å². The van der Waals surface area contributed by atoms with E-state index in [1.165, 1.54) is 34.4 Å². The zero-order chi connectivity index (χ0) is 17.1. The summed E-state index contributed by atoms with van der Waals surface area (Å²) in [5.41, 5.74) is 1.81. The van der Waals surface area contributed by atoms with Crippen LogP contribution in [-0.4, -0.2) is 12.2 Å². The fourth-order valence-corrected chi connectivity index (χ4v) is 5.07. The van der Waals surface area contributed by atoms with Crippen LogP contribution in [0.4, 0.5) is 5.69 Å². The minimum Gasteiger partial charge on any atom is -0.320 e. The fraction of sp³-hybridized carbons (Fsp3) is 0.0588. The van der Waals surface area contributed by atoms with Gasteiger partial charge in [-0.1, -0.05) is 29.8 Å². The van der Waals surface area contributed by atoms with Gasteiger partial charge in [0.1, 0.15) is 10.9 Å². The summed E-state index contributed by atoms with van der Waals surface area (Å²) in [6.45, 7) is 0. The van der Waals surface area contributed by atoms with Crippen molar-refractivity contribution in [3.8, 4) is 16.5 Å². The minimum atomic E-state index is -0.256. The highest BCUT2D eigenvalue weighted by atomic mass is 35.5. The number of benzene rings is 1. The maximum atomic E-state index is 12.8. The summed E-state index contributed by atoms with van der Waals surface area (Å²) in [7, 11) is 0. The highest BCUT2D eigenvalue weighted by Crippen LogP contribution is 2.42. The monoisotopic (exact) mass is 390 g/mol. The van der Waals surface area contributed by atoms with Crippen molar-refractivity contribution in [3.63, 3.8) is 0 Å². The number of nitrogens with zero attached hydrogens (tertiary/aromatic N) is 1. The Morgan fingerprint density at radius 2 is 2.08 bits per heavy atom. The zero-order valence-electron chi connectivity index (χ0n) is 12.5. The number of hydrogen-bond donors (Lipinski definition) is 1. The molecule has 0 atom stereocenters. The molecule has 2 heterocycles. The normalized spacial score (nSPS) is 10.4. The van der Waals surface area contributed by atoms with E-state index in [4.69, 9.17) is 11.6 Å². The van der Waals surface area contributed by atoms with Crippen LogP contribution in [0.3, 0.4) is 0 Å². The molecule has 0 aliphatic heterocycles. The summed E-state index contributed by atoms with van der Waals surface area (Å²) in [5, 5.41) is 14.8. The SMILES string of the molecule is CSc1sc(C(=O)Nc2ccccc2Cl)c(-c2cccs2)c1C#N. The quantitative estimate of drug-likeness (QED) is 0.558. The maximum Gasteiger partial charge on any atom is 0.266 e. The Labute approximate surface area is 156 Å². The molecule has 0 bridgehead atoms. The van der Waals surface area contributed by atoms with E-state index in [-0.39, 0.29) is 5.91 Å². The van der Waals surface area contributed by atoms with Gasteiger partial charge in [-0.25, -0.2) is 0 Å². The van der Waals surface area contributed by atoms with Crippen LogP contribution in [0.5, 0.6) is 0 Å². The molecular weight excluding hydrogens is 380 g/mol. The first kappa shape index (κ1) is 17.1. The Kier molecular flexibility index (Phi) is 5.27. The number of amides is 1. The number of halogens is 1. The molecule has 1 aromatic carbocycles. The minimum absolute atomic E-state index is 0.256. The molecule has 0 fully saturated rings. The van der Waals surface area contributed by atoms with Crippen molar-refractivity contribution in [2.24, 2.45) is 0 Å². The number of carbonyl (C=O) groups excluding carboxylic acids is 1. The lowest BCUT2D eigenvalue weighted by Gasteiger charge is -2.07. The Morgan fingerprint density at radius 1 is 1.29 bits per heavy atom. The number of carbonyl (C=O) groups is 1. The lowest BCUT2D eigenvalue weighted by molar-refractivity contribution is 0.103. The second kappa shape index (κ2) is 7.41. The largest absolute Gasteiger partial charge is 0.320 e. The molecule has 2 aromatic heterocycles. The second-order valence-corrected chi connectivity index (χ2v) is 8.15. The molecule has 0 radical (unpaired) electrons. The van der Waals surface area contributed by atoms with Gasteiger partial charge in [-0.15, -0.1) is 34.4 Å². The number of nitrogens with one attached hydrogen (secondary N) is 1. The summed E-state index contributed by atoms with van der Waals surface area (Å²) >= 11 is 10.4. The molecule has 3 rings (SSSR count). The van der Waals surface area contributed by atoms with E-state index >= 15 is 0 Å². The first-order valence-electron chi connectivity index (χ1n) is 6.86. The van der Waals surface area contributed by atoms with Crippen molar-refractivity contribution in [3.05, 3.63) is 57.2 Å². The molecule has 120 valence electrons. The summed E-state index contributed by atoms with van der Waals surface area (Å²) < 4.78 is 0.838. The smallest absolute Gasteiger partial charge is 0.266 e. The van der Waals surface area contributed by atoms with Crippen molar-refractivity contribution in [2.75, 3.05) is 11.6 Å². The van der Waals surface area contributed by atoms with Crippen LogP contribution >= 0.6 is 46.0 Å². The van der Waals surface area contributed by atoms with Crippen LogP contribution < -0.4 is 5.32 Å². The third-order valence-electron chi connectivity index (χ3n) is 3.27. The molecule has 0 unspecified atom stereocenters. The van der Waals surface area contributed by atoms with Gasteiger partial charge >= 0.3 is 0 Å². The molecule has 1 N–H and O–H groups in total. The van der Waals surface area contributed by atoms with Crippen molar-refractivity contribution < 1.29 is 4.79 Å². The zero-order valence-corrected chi connectivity index (χ0v) is 15.7. The predicted molar refractivity (Wildman–Crippen MR) is 104 cm³/mol. The average Bonchev–Trinajstić information content (AvgIpc) is 3.23. The van der Waals surface area contributed by atoms with Crippen molar-refractivity contribution >= 4 is 57.6 Å². The van der Waals surface area contributed by atoms with E-state index in [9.17, 15) is 10.1 Å². The Hall–Kier alpha value is -1.78. The van der Waals surface area contributed by atoms with Crippen LogP contribution in [0.15, 0.2) is 46.0 Å². The van der Waals surface area contributed by atoms with Gasteiger partial charge in [0, 0.05) is 10.4 Å². The highest BCUT2D eigenvalue weighted by molar-refractivity contribution is 8.00. The third-order valence-corrected chi connectivity index (χ3v) is 6.79. The van der Waals surface area contributed by atoms with E-state index in [2.05, 4.69) is 11.4 Å². The van der Waals surface area contributed by atoms with Crippen LogP contribution in [0.2, 0.25) is 5.02 Å². The van der Waals surface area contributed by atoms with Gasteiger partial charge in [-0.05, 0) is 29.8 Å². The number of anilines is 1. The second-order valence-electron chi connectivity index (χ2n) is 4.70. The van der Waals surface area contributed by atoms with Gasteiger partial charge in [-0.2, -0.15) is 5.26 Å². The summed E-state index contributed by atoms with van der Waals surface area (Å²) in [6.07, 6.45) is 1.90. The van der Waals surface area contributed by atoms with Gasteiger partial charge in [0.05, 0.1) is 20.5 Å². The highest BCUT2D eigenvalue weighted by Gasteiger charge is 2.24. The molecule has 3 aromatic rings. The molecule has 0 aliphatic carbocycles. The molecule has 0 spiro atoms. The first-order chi connectivity index (χ1) is 11.7.